The minimum atomic E-state index is -0.451. The van der Waals surface area contributed by atoms with Crippen LogP contribution >= 0.6 is 0 Å². The maximum atomic E-state index is 12.5. The number of fused-ring (bicyclic) bond motifs is 1. The lowest BCUT2D eigenvalue weighted by Crippen LogP contribution is -2.33. The Morgan fingerprint density at radius 1 is 1.02 bits per heavy atom. The summed E-state index contributed by atoms with van der Waals surface area (Å²) in [5.41, 5.74) is 3.06. The number of anilines is 2. The third-order valence-electron chi connectivity index (χ3n) is 7.64. The number of hydrogen-bond donors (Lipinski definition) is 2. The van der Waals surface area contributed by atoms with Crippen LogP contribution in [0.15, 0.2) is 54.6 Å². The van der Waals surface area contributed by atoms with Crippen LogP contribution < -0.4 is 25.0 Å². The first-order valence-electron chi connectivity index (χ1n) is 14.6. The SMILES string of the molecule is O=C1COc2ccc(N3CC(CCNCc4cccc(-c5cccc(OCCN6CCCCC6)n5)c4)OC3=O)nc2N1. The highest BCUT2D eigenvalue weighted by Crippen LogP contribution is 2.30. The van der Waals surface area contributed by atoms with Crippen LogP contribution in [-0.2, 0) is 16.1 Å². The van der Waals surface area contributed by atoms with Gasteiger partial charge in [0.15, 0.2) is 18.2 Å². The van der Waals surface area contributed by atoms with Gasteiger partial charge in [-0.05, 0) is 68.7 Å². The minimum Gasteiger partial charge on any atom is -0.480 e. The number of carbonyl (C=O) groups is 2. The fourth-order valence-corrected chi connectivity index (χ4v) is 5.42. The van der Waals surface area contributed by atoms with Gasteiger partial charge in [-0.25, -0.2) is 14.8 Å². The minimum absolute atomic E-state index is 0.0444. The average molecular weight is 573 g/mol. The lowest BCUT2D eigenvalue weighted by molar-refractivity contribution is -0.118. The molecule has 3 aliphatic heterocycles. The summed E-state index contributed by atoms with van der Waals surface area (Å²) in [5, 5.41) is 6.12. The second-order valence-corrected chi connectivity index (χ2v) is 10.7. The van der Waals surface area contributed by atoms with Crippen LogP contribution in [0.2, 0.25) is 0 Å². The Labute approximate surface area is 245 Å². The number of cyclic esters (lactones) is 1. The molecule has 0 spiro atoms. The second kappa shape index (κ2) is 13.2. The molecule has 6 rings (SSSR count). The maximum absolute atomic E-state index is 12.5. The van der Waals surface area contributed by atoms with Crippen molar-refractivity contribution in [2.24, 2.45) is 0 Å². The molecule has 0 saturated carbocycles. The molecule has 0 aliphatic carbocycles. The topological polar surface area (TPSA) is 118 Å². The predicted octanol–water partition coefficient (Wildman–Crippen LogP) is 3.84. The van der Waals surface area contributed by atoms with E-state index in [1.54, 1.807) is 12.1 Å². The molecule has 2 aromatic heterocycles. The smallest absolute Gasteiger partial charge is 0.415 e. The van der Waals surface area contributed by atoms with E-state index in [9.17, 15) is 9.59 Å². The van der Waals surface area contributed by atoms with Crippen LogP contribution in [-0.4, -0.2) is 78.9 Å². The predicted molar refractivity (Wildman–Crippen MR) is 158 cm³/mol. The van der Waals surface area contributed by atoms with Crippen molar-refractivity contribution in [1.29, 1.82) is 0 Å². The molecule has 5 heterocycles. The normalized spacial score (nSPS) is 18.7. The molecule has 2 N–H and O–H groups in total. The number of likely N-dealkylation sites (tertiary alicyclic amines) is 1. The number of nitrogens with zero attached hydrogens (tertiary/aromatic N) is 4. The van der Waals surface area contributed by atoms with Crippen molar-refractivity contribution in [2.75, 3.05) is 56.2 Å². The third-order valence-corrected chi connectivity index (χ3v) is 7.64. The molecule has 11 heteroatoms. The Kier molecular flexibility index (Phi) is 8.76. The van der Waals surface area contributed by atoms with Gasteiger partial charge in [0, 0.05) is 24.7 Å². The van der Waals surface area contributed by atoms with E-state index in [2.05, 4.69) is 38.7 Å². The van der Waals surface area contributed by atoms with Gasteiger partial charge in [0.1, 0.15) is 18.5 Å². The van der Waals surface area contributed by atoms with Crippen LogP contribution in [0.25, 0.3) is 11.3 Å². The van der Waals surface area contributed by atoms with Crippen LogP contribution in [0.4, 0.5) is 16.4 Å². The van der Waals surface area contributed by atoms with Crippen molar-refractivity contribution >= 4 is 23.6 Å². The number of hydrogen-bond acceptors (Lipinski definition) is 9. The van der Waals surface area contributed by atoms with E-state index in [1.807, 2.05) is 24.3 Å². The lowest BCUT2D eigenvalue weighted by Gasteiger charge is -2.26. The summed E-state index contributed by atoms with van der Waals surface area (Å²) in [6.07, 6.45) is 3.83. The molecule has 1 aromatic carbocycles. The van der Waals surface area contributed by atoms with E-state index in [1.165, 1.54) is 24.2 Å². The first-order valence-corrected chi connectivity index (χ1v) is 14.6. The molecule has 42 heavy (non-hydrogen) atoms. The Morgan fingerprint density at radius 3 is 2.81 bits per heavy atom. The summed E-state index contributed by atoms with van der Waals surface area (Å²) < 4.78 is 16.9. The molecule has 3 aliphatic rings. The van der Waals surface area contributed by atoms with Crippen molar-refractivity contribution in [3.63, 3.8) is 0 Å². The van der Waals surface area contributed by atoms with E-state index in [4.69, 9.17) is 19.2 Å². The van der Waals surface area contributed by atoms with Crippen molar-refractivity contribution < 1.29 is 23.8 Å². The van der Waals surface area contributed by atoms with Gasteiger partial charge in [0.05, 0.1) is 12.2 Å². The van der Waals surface area contributed by atoms with Gasteiger partial charge in [-0.3, -0.25) is 14.6 Å². The largest absolute Gasteiger partial charge is 0.480 e. The zero-order chi connectivity index (χ0) is 28.7. The highest BCUT2D eigenvalue weighted by Gasteiger charge is 2.33. The fourth-order valence-electron chi connectivity index (χ4n) is 5.42. The van der Waals surface area contributed by atoms with Crippen molar-refractivity contribution in [3.8, 4) is 22.9 Å². The molecule has 2 saturated heterocycles. The van der Waals surface area contributed by atoms with Crippen LogP contribution in [0.3, 0.4) is 0 Å². The molecule has 220 valence electrons. The van der Waals surface area contributed by atoms with Crippen LogP contribution in [0, 0.1) is 0 Å². The zero-order valence-electron chi connectivity index (χ0n) is 23.6. The molecule has 1 atom stereocenters. The molecule has 11 nitrogen and oxygen atoms in total. The summed E-state index contributed by atoms with van der Waals surface area (Å²) in [5.74, 6) is 1.59. The summed E-state index contributed by atoms with van der Waals surface area (Å²) in [6.45, 7) is 5.60. The molecule has 0 radical (unpaired) electrons. The number of piperidine rings is 1. The molecule has 1 unspecified atom stereocenters. The summed E-state index contributed by atoms with van der Waals surface area (Å²) in [7, 11) is 0. The second-order valence-electron chi connectivity index (χ2n) is 10.7. The van der Waals surface area contributed by atoms with Gasteiger partial charge >= 0.3 is 6.09 Å². The van der Waals surface area contributed by atoms with Gasteiger partial charge in [-0.15, -0.1) is 0 Å². The number of rotatable bonds is 11. The molecule has 3 aromatic rings. The van der Waals surface area contributed by atoms with Gasteiger partial charge in [0.25, 0.3) is 5.91 Å². The molecular weight excluding hydrogens is 536 g/mol. The monoisotopic (exact) mass is 572 g/mol. The Morgan fingerprint density at radius 2 is 1.90 bits per heavy atom. The van der Waals surface area contributed by atoms with Gasteiger partial charge in [0.2, 0.25) is 5.88 Å². The summed E-state index contributed by atoms with van der Waals surface area (Å²) >= 11 is 0. The molecule has 0 bridgehead atoms. The van der Waals surface area contributed by atoms with Crippen LogP contribution in [0.1, 0.15) is 31.2 Å². The fraction of sp³-hybridized carbons (Fsp3) is 0.419. The quantitative estimate of drug-likeness (QED) is 0.331. The van der Waals surface area contributed by atoms with Crippen molar-refractivity contribution in [3.05, 3.63) is 60.2 Å². The Hall–Kier alpha value is -4.22. The van der Waals surface area contributed by atoms with E-state index in [0.29, 0.717) is 55.9 Å². The zero-order valence-corrected chi connectivity index (χ0v) is 23.6. The number of benzene rings is 1. The molecule has 2 amide bonds. The van der Waals surface area contributed by atoms with E-state index in [0.717, 1.165) is 36.5 Å². The van der Waals surface area contributed by atoms with Crippen molar-refractivity contribution in [1.82, 2.24) is 20.2 Å². The number of carbonyl (C=O) groups excluding carboxylic acids is 2. The maximum Gasteiger partial charge on any atom is 0.415 e. The highest BCUT2D eigenvalue weighted by molar-refractivity contribution is 5.95. The number of amides is 2. The Bertz CT molecular complexity index is 1410. The summed E-state index contributed by atoms with van der Waals surface area (Å²) in [6, 6.07) is 17.6. The van der Waals surface area contributed by atoms with Crippen LogP contribution in [0.5, 0.6) is 11.6 Å². The number of nitrogens with one attached hydrogen (secondary N) is 2. The van der Waals surface area contributed by atoms with E-state index in [-0.39, 0.29) is 18.6 Å². The standard InChI is InChI=1S/C31H36N6O5/c38-28-21-41-26-10-11-27(34-30(26)35-28)37-20-24(42-31(37)39)12-13-32-19-22-6-4-7-23(18-22)25-8-5-9-29(33-25)40-17-16-36-14-2-1-3-15-36/h4-11,18,24,32H,1-3,12-17,19-21H2,(H,34,35,38). The van der Waals surface area contributed by atoms with Crippen molar-refractivity contribution in [2.45, 2.75) is 38.3 Å². The molecule has 2 fully saturated rings. The third kappa shape index (κ3) is 6.97. The highest BCUT2D eigenvalue weighted by atomic mass is 16.6. The van der Waals surface area contributed by atoms with Gasteiger partial charge < -0.3 is 24.8 Å². The van der Waals surface area contributed by atoms with Gasteiger partial charge in [-0.2, -0.15) is 0 Å². The summed E-state index contributed by atoms with van der Waals surface area (Å²) in [4.78, 5) is 37.2. The Balaban J connectivity index is 0.966. The lowest BCUT2D eigenvalue weighted by atomic mass is 10.1. The van der Waals surface area contributed by atoms with Gasteiger partial charge in [-0.1, -0.05) is 30.7 Å². The van der Waals surface area contributed by atoms with E-state index < -0.39 is 6.09 Å². The number of pyridine rings is 2. The average Bonchev–Trinajstić information content (AvgIpc) is 3.40. The van der Waals surface area contributed by atoms with E-state index >= 15 is 0 Å². The first-order chi connectivity index (χ1) is 20.6. The number of ether oxygens (including phenoxy) is 3. The molecular formula is C31H36N6O5. The number of aromatic nitrogens is 2. The first kappa shape index (κ1) is 27.9.